The van der Waals surface area contributed by atoms with Gasteiger partial charge in [0.1, 0.15) is 9.84 Å². The Morgan fingerprint density at radius 2 is 1.47 bits per heavy atom. The van der Waals surface area contributed by atoms with Gasteiger partial charge in [-0.2, -0.15) is 0 Å². The van der Waals surface area contributed by atoms with Crippen LogP contribution in [0.1, 0.15) is 6.92 Å². The lowest BCUT2D eigenvalue weighted by atomic mass is 10.2. The maximum Gasteiger partial charge on any atom is 0.229 e. The Kier molecular flexibility index (Phi) is 4.81. The molecule has 0 bridgehead atoms. The first-order valence-corrected chi connectivity index (χ1v) is 9.52. The van der Waals surface area contributed by atoms with E-state index in [2.05, 4.69) is 10.0 Å². The fourth-order valence-corrected chi connectivity index (χ4v) is 3.18. The van der Waals surface area contributed by atoms with Crippen LogP contribution in [0.3, 0.4) is 0 Å². The maximum atomic E-state index is 11.1. The van der Waals surface area contributed by atoms with Crippen LogP contribution in [-0.2, 0) is 19.9 Å². The van der Waals surface area contributed by atoms with Crippen LogP contribution < -0.4 is 10.0 Å². The highest BCUT2D eigenvalue weighted by Gasteiger charge is 2.10. The lowest BCUT2D eigenvalue weighted by Gasteiger charge is -2.14. The molecule has 0 fully saturated rings. The van der Waals surface area contributed by atoms with Gasteiger partial charge in [-0.3, -0.25) is 4.72 Å². The summed E-state index contributed by atoms with van der Waals surface area (Å²) in [6, 6.07) is 6.37. The van der Waals surface area contributed by atoms with Gasteiger partial charge in [0.25, 0.3) is 0 Å². The molecule has 0 heterocycles. The lowest BCUT2D eigenvalue weighted by molar-refractivity contribution is 0.597. The average molecular weight is 306 g/mol. The molecule has 6 nitrogen and oxygen atoms in total. The van der Waals surface area contributed by atoms with E-state index >= 15 is 0 Å². The van der Waals surface area contributed by atoms with Crippen LogP contribution in [0.15, 0.2) is 24.3 Å². The van der Waals surface area contributed by atoms with E-state index in [0.29, 0.717) is 5.69 Å². The summed E-state index contributed by atoms with van der Waals surface area (Å²) < 4.78 is 46.7. The van der Waals surface area contributed by atoms with Crippen LogP contribution in [-0.4, -0.2) is 41.1 Å². The quantitative estimate of drug-likeness (QED) is 0.815. The third-order valence-corrected chi connectivity index (χ3v) is 3.87. The molecule has 0 spiro atoms. The predicted molar refractivity (Wildman–Crippen MR) is 77.7 cm³/mol. The number of hydrogen-bond donors (Lipinski definition) is 2. The molecule has 1 unspecified atom stereocenters. The van der Waals surface area contributed by atoms with E-state index in [1.807, 2.05) is 0 Å². The second kappa shape index (κ2) is 5.79. The zero-order valence-corrected chi connectivity index (χ0v) is 12.7. The van der Waals surface area contributed by atoms with Crippen molar-refractivity contribution < 1.29 is 16.8 Å². The van der Waals surface area contributed by atoms with Gasteiger partial charge in [-0.05, 0) is 31.2 Å². The summed E-state index contributed by atoms with van der Waals surface area (Å²) in [5, 5.41) is 3.03. The van der Waals surface area contributed by atoms with Gasteiger partial charge in [0.05, 0.1) is 12.0 Å². The molecule has 1 atom stereocenters. The van der Waals surface area contributed by atoms with Gasteiger partial charge >= 0.3 is 0 Å². The summed E-state index contributed by atoms with van der Waals surface area (Å²) in [5.74, 6) is 0.0380. The molecule has 0 radical (unpaired) electrons. The molecule has 19 heavy (non-hydrogen) atoms. The van der Waals surface area contributed by atoms with E-state index in [1.54, 1.807) is 31.2 Å². The van der Waals surface area contributed by atoms with Crippen LogP contribution in [0.25, 0.3) is 0 Å². The molecule has 1 aromatic rings. The van der Waals surface area contributed by atoms with Crippen LogP contribution in [0.4, 0.5) is 11.4 Å². The third kappa shape index (κ3) is 7.02. The molecule has 108 valence electrons. The van der Waals surface area contributed by atoms with Crippen molar-refractivity contribution in [2.24, 2.45) is 0 Å². The highest BCUT2D eigenvalue weighted by molar-refractivity contribution is 7.92. The van der Waals surface area contributed by atoms with Crippen LogP contribution in [0.5, 0.6) is 0 Å². The van der Waals surface area contributed by atoms with E-state index < -0.39 is 19.9 Å². The molecule has 0 aliphatic carbocycles. The molecular formula is C11H18N2O4S2. The van der Waals surface area contributed by atoms with Crippen molar-refractivity contribution in [3.05, 3.63) is 24.3 Å². The molecule has 0 aliphatic rings. The van der Waals surface area contributed by atoms with Crippen molar-refractivity contribution in [1.82, 2.24) is 0 Å². The molecule has 0 aromatic heterocycles. The second-order valence-electron chi connectivity index (χ2n) is 4.59. The van der Waals surface area contributed by atoms with Gasteiger partial charge in [0.15, 0.2) is 0 Å². The van der Waals surface area contributed by atoms with Gasteiger partial charge < -0.3 is 5.32 Å². The van der Waals surface area contributed by atoms with Gasteiger partial charge in [-0.25, -0.2) is 16.8 Å². The standard InChI is InChI=1S/C11H18N2O4S2/c1-9(8-18(2,14)15)12-10-4-6-11(7-5-10)13-19(3,16)17/h4-7,9,12-13H,8H2,1-3H3. The zero-order chi connectivity index (χ0) is 14.7. The minimum absolute atomic E-state index is 0.0380. The number of anilines is 2. The van der Waals surface area contributed by atoms with Crippen molar-refractivity contribution in [3.8, 4) is 0 Å². The topological polar surface area (TPSA) is 92.3 Å². The molecule has 1 rings (SSSR count). The van der Waals surface area contributed by atoms with E-state index in [1.165, 1.54) is 6.26 Å². The maximum absolute atomic E-state index is 11.1. The van der Waals surface area contributed by atoms with Gasteiger partial charge in [-0.15, -0.1) is 0 Å². The normalized spacial score (nSPS) is 13.8. The molecule has 1 aromatic carbocycles. The summed E-state index contributed by atoms with van der Waals surface area (Å²) in [4.78, 5) is 0. The monoisotopic (exact) mass is 306 g/mol. The summed E-state index contributed by atoms with van der Waals surface area (Å²) in [6.07, 6.45) is 2.26. The number of rotatable bonds is 6. The smallest absolute Gasteiger partial charge is 0.229 e. The fourth-order valence-electron chi connectivity index (χ4n) is 1.63. The van der Waals surface area contributed by atoms with Crippen LogP contribution >= 0.6 is 0 Å². The van der Waals surface area contributed by atoms with Crippen molar-refractivity contribution in [1.29, 1.82) is 0 Å². The van der Waals surface area contributed by atoms with Gasteiger partial charge in [0, 0.05) is 23.7 Å². The Morgan fingerprint density at radius 1 is 1.00 bits per heavy atom. The third-order valence-electron chi connectivity index (χ3n) is 2.15. The summed E-state index contributed by atoms with van der Waals surface area (Å²) in [6.45, 7) is 1.77. The van der Waals surface area contributed by atoms with Crippen molar-refractivity contribution in [3.63, 3.8) is 0 Å². The van der Waals surface area contributed by atoms with Crippen LogP contribution in [0.2, 0.25) is 0 Å². The summed E-state index contributed by atoms with van der Waals surface area (Å²) in [7, 11) is -6.32. The van der Waals surface area contributed by atoms with E-state index in [0.717, 1.165) is 11.9 Å². The van der Waals surface area contributed by atoms with Gasteiger partial charge in [0.2, 0.25) is 10.0 Å². The van der Waals surface area contributed by atoms with E-state index in [9.17, 15) is 16.8 Å². The first-order valence-electron chi connectivity index (χ1n) is 5.57. The minimum Gasteiger partial charge on any atom is -0.382 e. The summed E-state index contributed by atoms with van der Waals surface area (Å²) in [5.41, 5.74) is 1.19. The first-order chi connectivity index (χ1) is 8.55. The fraction of sp³-hybridized carbons (Fsp3) is 0.455. The van der Waals surface area contributed by atoms with E-state index in [4.69, 9.17) is 0 Å². The van der Waals surface area contributed by atoms with Crippen molar-refractivity contribution >= 4 is 31.2 Å². The second-order valence-corrected chi connectivity index (χ2v) is 8.52. The largest absolute Gasteiger partial charge is 0.382 e. The van der Waals surface area contributed by atoms with Crippen molar-refractivity contribution in [2.75, 3.05) is 28.3 Å². The molecule has 0 aliphatic heterocycles. The molecule has 0 amide bonds. The summed E-state index contributed by atoms with van der Waals surface area (Å²) >= 11 is 0. The number of benzene rings is 1. The SMILES string of the molecule is CC(CS(C)(=O)=O)Nc1ccc(NS(C)(=O)=O)cc1. The molecule has 0 saturated heterocycles. The van der Waals surface area contributed by atoms with Crippen LogP contribution in [0, 0.1) is 0 Å². The van der Waals surface area contributed by atoms with Gasteiger partial charge in [-0.1, -0.05) is 0 Å². The van der Waals surface area contributed by atoms with E-state index in [-0.39, 0.29) is 11.8 Å². The molecular weight excluding hydrogens is 288 g/mol. The first kappa shape index (κ1) is 15.8. The Bertz CT molecular complexity index is 621. The lowest BCUT2D eigenvalue weighted by Crippen LogP contribution is -2.24. The molecule has 2 N–H and O–H groups in total. The minimum atomic E-state index is -3.29. The highest BCUT2D eigenvalue weighted by atomic mass is 32.2. The highest BCUT2D eigenvalue weighted by Crippen LogP contribution is 2.15. The average Bonchev–Trinajstić information content (AvgIpc) is 2.15. The Morgan fingerprint density at radius 3 is 1.89 bits per heavy atom. The number of sulfone groups is 1. The Balaban J connectivity index is 2.67. The number of sulfonamides is 1. The zero-order valence-electron chi connectivity index (χ0n) is 11.0. The predicted octanol–water partition coefficient (Wildman–Crippen LogP) is 0.903. The Hall–Kier alpha value is -1.28. The Labute approximate surface area is 114 Å². The number of hydrogen-bond acceptors (Lipinski definition) is 5. The molecule has 0 saturated carbocycles. The van der Waals surface area contributed by atoms with Crippen molar-refractivity contribution in [2.45, 2.75) is 13.0 Å². The molecule has 8 heteroatoms. The number of nitrogens with one attached hydrogen (secondary N) is 2.